The van der Waals surface area contributed by atoms with Gasteiger partial charge >= 0.3 is 0 Å². The standard InChI is InChI=1S/C32H38N4/c1-22-20-30(23(2)34)35-36(22)29-16-14-27(15-17-29)31(3,4)26-10-6-24(7-11-26)25-8-12-28(13-9-25)32(21-33)18-5-19-32/h6-14,16,20H,2,5,15,17-19,21,33-34H2,1,3-4H3. The van der Waals surface area contributed by atoms with Crippen molar-refractivity contribution < 1.29 is 0 Å². The van der Waals surface area contributed by atoms with E-state index in [0.29, 0.717) is 5.70 Å². The Morgan fingerprint density at radius 3 is 2.11 bits per heavy atom. The third-order valence-electron chi connectivity index (χ3n) is 8.56. The highest BCUT2D eigenvalue weighted by Crippen LogP contribution is 2.43. The van der Waals surface area contributed by atoms with Crippen LogP contribution in [0.3, 0.4) is 0 Å². The van der Waals surface area contributed by atoms with Crippen molar-refractivity contribution in [1.82, 2.24) is 9.78 Å². The number of nitrogens with two attached hydrogens (primary N) is 2. The van der Waals surface area contributed by atoms with Gasteiger partial charge in [0.05, 0.1) is 5.70 Å². The fraction of sp³-hybridized carbons (Fsp3) is 0.344. The van der Waals surface area contributed by atoms with E-state index < -0.39 is 0 Å². The first-order valence-corrected chi connectivity index (χ1v) is 13.1. The molecule has 2 aliphatic rings. The van der Waals surface area contributed by atoms with Gasteiger partial charge in [-0.2, -0.15) is 5.10 Å². The molecule has 36 heavy (non-hydrogen) atoms. The molecule has 0 radical (unpaired) electrons. The zero-order valence-electron chi connectivity index (χ0n) is 21.8. The molecular weight excluding hydrogens is 440 g/mol. The van der Waals surface area contributed by atoms with Crippen LogP contribution in [0.15, 0.2) is 78.9 Å². The minimum absolute atomic E-state index is 0.0436. The maximum Gasteiger partial charge on any atom is 0.108 e. The van der Waals surface area contributed by atoms with Gasteiger partial charge in [-0.1, -0.05) is 87.0 Å². The number of aryl methyl sites for hydroxylation is 1. The summed E-state index contributed by atoms with van der Waals surface area (Å²) in [5, 5.41) is 4.64. The normalized spacial score (nSPS) is 17.2. The van der Waals surface area contributed by atoms with Crippen LogP contribution in [-0.4, -0.2) is 16.3 Å². The smallest absolute Gasteiger partial charge is 0.108 e. The van der Waals surface area contributed by atoms with Crippen LogP contribution in [0.2, 0.25) is 0 Å². The first kappa shape index (κ1) is 24.3. The Morgan fingerprint density at radius 2 is 1.64 bits per heavy atom. The fourth-order valence-corrected chi connectivity index (χ4v) is 5.74. The van der Waals surface area contributed by atoms with Crippen molar-refractivity contribution in [3.05, 3.63) is 101 Å². The minimum atomic E-state index is -0.0436. The van der Waals surface area contributed by atoms with Crippen molar-refractivity contribution in [3.63, 3.8) is 0 Å². The third kappa shape index (κ3) is 4.24. The molecule has 1 saturated carbocycles. The van der Waals surface area contributed by atoms with Gasteiger partial charge in [0.2, 0.25) is 0 Å². The van der Waals surface area contributed by atoms with E-state index in [1.54, 1.807) is 0 Å². The molecule has 2 aliphatic carbocycles. The summed E-state index contributed by atoms with van der Waals surface area (Å²) in [6.07, 6.45) is 10.1. The highest BCUT2D eigenvalue weighted by molar-refractivity contribution is 5.65. The molecule has 3 aromatic rings. The van der Waals surface area contributed by atoms with Gasteiger partial charge < -0.3 is 11.5 Å². The number of allylic oxidation sites excluding steroid dienone is 4. The van der Waals surface area contributed by atoms with Crippen LogP contribution in [0.5, 0.6) is 0 Å². The van der Waals surface area contributed by atoms with E-state index in [-0.39, 0.29) is 10.8 Å². The monoisotopic (exact) mass is 478 g/mol. The zero-order chi connectivity index (χ0) is 25.5. The maximum absolute atomic E-state index is 6.10. The molecule has 186 valence electrons. The quantitative estimate of drug-likeness (QED) is 0.397. The molecule has 5 rings (SSSR count). The average Bonchev–Trinajstić information content (AvgIpc) is 3.26. The van der Waals surface area contributed by atoms with Crippen molar-refractivity contribution in [3.8, 4) is 11.1 Å². The van der Waals surface area contributed by atoms with Crippen molar-refractivity contribution in [2.24, 2.45) is 11.5 Å². The Kier molecular flexibility index (Phi) is 6.25. The second-order valence-electron chi connectivity index (χ2n) is 11.1. The van der Waals surface area contributed by atoms with Gasteiger partial charge in [0.15, 0.2) is 0 Å². The second kappa shape index (κ2) is 9.25. The molecule has 0 unspecified atom stereocenters. The summed E-state index contributed by atoms with van der Waals surface area (Å²) in [5.41, 5.74) is 22.3. The first-order chi connectivity index (χ1) is 17.2. The molecule has 0 bridgehead atoms. The van der Waals surface area contributed by atoms with Crippen LogP contribution in [-0.2, 0) is 10.8 Å². The number of nitrogens with zero attached hydrogens (tertiary/aromatic N) is 2. The summed E-state index contributed by atoms with van der Waals surface area (Å²) in [5.74, 6) is 0. The van der Waals surface area contributed by atoms with Gasteiger partial charge in [0.1, 0.15) is 5.69 Å². The maximum atomic E-state index is 6.10. The summed E-state index contributed by atoms with van der Waals surface area (Å²) < 4.78 is 1.99. The van der Waals surface area contributed by atoms with Gasteiger partial charge in [-0.05, 0) is 67.0 Å². The lowest BCUT2D eigenvalue weighted by Crippen LogP contribution is -2.41. The van der Waals surface area contributed by atoms with Crippen LogP contribution in [0, 0.1) is 6.92 Å². The lowest BCUT2D eigenvalue weighted by molar-refractivity contribution is 0.253. The average molecular weight is 479 g/mol. The predicted molar refractivity (Wildman–Crippen MR) is 151 cm³/mol. The van der Waals surface area contributed by atoms with Gasteiger partial charge in [0, 0.05) is 28.8 Å². The predicted octanol–water partition coefficient (Wildman–Crippen LogP) is 6.71. The lowest BCUT2D eigenvalue weighted by Gasteiger charge is -2.41. The number of benzene rings is 2. The summed E-state index contributed by atoms with van der Waals surface area (Å²) in [4.78, 5) is 0. The molecule has 0 atom stereocenters. The number of aromatic nitrogens is 2. The Labute approximate surface area is 215 Å². The Morgan fingerprint density at radius 1 is 1.00 bits per heavy atom. The summed E-state index contributed by atoms with van der Waals surface area (Å²) in [6.45, 7) is 11.3. The molecule has 2 aromatic carbocycles. The molecular formula is C32H38N4. The largest absolute Gasteiger partial charge is 0.397 e. The third-order valence-corrected chi connectivity index (χ3v) is 8.56. The minimum Gasteiger partial charge on any atom is -0.397 e. The Balaban J connectivity index is 1.34. The van der Waals surface area contributed by atoms with Crippen LogP contribution in [0.1, 0.15) is 68.5 Å². The van der Waals surface area contributed by atoms with E-state index >= 15 is 0 Å². The van der Waals surface area contributed by atoms with Gasteiger partial charge in [-0.25, -0.2) is 4.68 Å². The van der Waals surface area contributed by atoms with E-state index in [9.17, 15) is 0 Å². The van der Waals surface area contributed by atoms with E-state index in [4.69, 9.17) is 11.5 Å². The van der Waals surface area contributed by atoms with Gasteiger partial charge in [-0.3, -0.25) is 0 Å². The highest BCUT2D eigenvalue weighted by atomic mass is 15.3. The second-order valence-corrected chi connectivity index (χ2v) is 11.1. The Bertz CT molecular complexity index is 1320. The fourth-order valence-electron chi connectivity index (χ4n) is 5.74. The molecule has 0 saturated heterocycles. The zero-order valence-corrected chi connectivity index (χ0v) is 21.8. The molecule has 0 spiro atoms. The van der Waals surface area contributed by atoms with Gasteiger partial charge in [0.25, 0.3) is 0 Å². The summed E-state index contributed by atoms with van der Waals surface area (Å²) in [7, 11) is 0. The van der Waals surface area contributed by atoms with Crippen LogP contribution in [0.25, 0.3) is 22.5 Å². The molecule has 0 amide bonds. The van der Waals surface area contributed by atoms with E-state index in [2.05, 4.69) is 93.1 Å². The summed E-state index contributed by atoms with van der Waals surface area (Å²) in [6, 6.07) is 20.1. The SMILES string of the molecule is C=C(N)c1cc(C)n(C2=CC=C(C(C)(C)c3ccc(-c4ccc(C5(CN)CCC5)cc4)cc3)CC2)n1. The van der Waals surface area contributed by atoms with Crippen molar-refractivity contribution >= 4 is 11.4 Å². The topological polar surface area (TPSA) is 69.9 Å². The van der Waals surface area contributed by atoms with Crippen LogP contribution >= 0.6 is 0 Å². The molecule has 1 aromatic heterocycles. The van der Waals surface area contributed by atoms with E-state index in [0.717, 1.165) is 30.8 Å². The van der Waals surface area contributed by atoms with Crippen molar-refractivity contribution in [1.29, 1.82) is 0 Å². The molecule has 1 fully saturated rings. The molecule has 1 heterocycles. The van der Waals surface area contributed by atoms with Crippen molar-refractivity contribution in [2.75, 3.05) is 6.54 Å². The first-order valence-electron chi connectivity index (χ1n) is 13.1. The number of hydrogen-bond donors (Lipinski definition) is 2. The highest BCUT2D eigenvalue weighted by Gasteiger charge is 2.37. The lowest BCUT2D eigenvalue weighted by atomic mass is 9.64. The molecule has 4 nitrogen and oxygen atoms in total. The van der Waals surface area contributed by atoms with Crippen molar-refractivity contribution in [2.45, 2.75) is 63.7 Å². The number of rotatable bonds is 7. The molecule has 0 aliphatic heterocycles. The van der Waals surface area contributed by atoms with Crippen LogP contribution < -0.4 is 11.5 Å². The molecule has 4 heteroatoms. The van der Waals surface area contributed by atoms with E-state index in [1.165, 1.54) is 52.8 Å². The van der Waals surface area contributed by atoms with Gasteiger partial charge in [-0.15, -0.1) is 0 Å². The van der Waals surface area contributed by atoms with E-state index in [1.807, 2.05) is 10.7 Å². The molecule has 4 N–H and O–H groups in total. The number of hydrogen-bond acceptors (Lipinski definition) is 3. The van der Waals surface area contributed by atoms with Crippen LogP contribution in [0.4, 0.5) is 0 Å². The Hall–Kier alpha value is -3.37. The summed E-state index contributed by atoms with van der Waals surface area (Å²) >= 11 is 0.